The predicted octanol–water partition coefficient (Wildman–Crippen LogP) is 2.11. The lowest BCUT2D eigenvalue weighted by atomic mass is 9.96. The van der Waals surface area contributed by atoms with Gasteiger partial charge in [-0.25, -0.2) is 17.8 Å². The van der Waals surface area contributed by atoms with E-state index in [0.717, 1.165) is 18.9 Å². The molecule has 1 N–H and O–H groups in total. The smallest absolute Gasteiger partial charge is 0.312 e. The molecule has 2 aliphatic rings. The highest BCUT2D eigenvalue weighted by molar-refractivity contribution is 7.90. The Morgan fingerprint density at radius 1 is 1.36 bits per heavy atom. The Labute approximate surface area is 125 Å². The zero-order valence-corrected chi connectivity index (χ0v) is 12.4. The molecule has 1 fully saturated rings. The summed E-state index contributed by atoms with van der Waals surface area (Å²) in [5.41, 5.74) is -1.31. The van der Waals surface area contributed by atoms with Crippen molar-refractivity contribution < 1.29 is 31.4 Å². The van der Waals surface area contributed by atoms with Crippen molar-refractivity contribution in [3.05, 3.63) is 17.3 Å². The number of aliphatic hydroxyl groups excluding tert-OH is 1. The summed E-state index contributed by atoms with van der Waals surface area (Å²) in [6, 6.07) is 0. The van der Waals surface area contributed by atoms with Crippen LogP contribution in [0.25, 0.3) is 0 Å². The number of fused-ring (bicyclic) bond motifs is 1. The molecule has 0 spiro atoms. The summed E-state index contributed by atoms with van der Waals surface area (Å²) in [5.74, 6) is -4.35. The van der Waals surface area contributed by atoms with Crippen molar-refractivity contribution in [2.24, 2.45) is 0 Å². The van der Waals surface area contributed by atoms with Gasteiger partial charge >= 0.3 is 5.92 Å². The van der Waals surface area contributed by atoms with E-state index in [0.29, 0.717) is 12.8 Å². The molecule has 0 bridgehead atoms. The summed E-state index contributed by atoms with van der Waals surface area (Å²) in [5, 5.41) is 8.96. The summed E-state index contributed by atoms with van der Waals surface area (Å²) in [6.45, 7) is 0. The predicted molar refractivity (Wildman–Crippen MR) is 69.4 cm³/mol. The van der Waals surface area contributed by atoms with Crippen LogP contribution in [0.15, 0.2) is 11.2 Å². The molecule has 2 atom stereocenters. The second kappa shape index (κ2) is 4.82. The minimum atomic E-state index is -4.12. The molecule has 1 aromatic rings. The Balaban J connectivity index is 2.18. The molecule has 22 heavy (non-hydrogen) atoms. The number of hydrogen-bond donors (Lipinski definition) is 1. The number of rotatable bonds is 3. The Kier molecular flexibility index (Phi) is 3.41. The zero-order valence-electron chi connectivity index (χ0n) is 11.6. The van der Waals surface area contributed by atoms with Crippen LogP contribution >= 0.6 is 0 Å². The number of ether oxygens (including phenoxy) is 1. The Morgan fingerprint density at radius 3 is 2.50 bits per heavy atom. The molecular weight excluding hydrogens is 323 g/mol. The molecule has 2 unspecified atom stereocenters. The molecule has 1 saturated carbocycles. The number of alkyl halides is 3. The molecule has 1 aromatic heterocycles. The van der Waals surface area contributed by atoms with Crippen LogP contribution in [0.2, 0.25) is 0 Å². The van der Waals surface area contributed by atoms with Crippen molar-refractivity contribution in [1.82, 2.24) is 4.98 Å². The summed E-state index contributed by atoms with van der Waals surface area (Å²) in [4.78, 5) is 3.61. The van der Waals surface area contributed by atoms with Gasteiger partial charge in [0, 0.05) is 17.4 Å². The van der Waals surface area contributed by atoms with Gasteiger partial charge in [-0.05, 0) is 19.3 Å². The van der Waals surface area contributed by atoms with Gasteiger partial charge in [-0.1, -0.05) is 0 Å². The van der Waals surface area contributed by atoms with Crippen molar-refractivity contribution in [3.63, 3.8) is 0 Å². The van der Waals surface area contributed by atoms with Gasteiger partial charge in [-0.3, -0.25) is 0 Å². The van der Waals surface area contributed by atoms with Gasteiger partial charge in [0.2, 0.25) is 0 Å². The summed E-state index contributed by atoms with van der Waals surface area (Å²) in [7, 11) is -4.00. The first-order chi connectivity index (χ1) is 10.1. The van der Waals surface area contributed by atoms with Crippen molar-refractivity contribution in [1.29, 1.82) is 0 Å². The molecule has 0 amide bonds. The Morgan fingerprint density at radius 2 is 2.00 bits per heavy atom. The van der Waals surface area contributed by atoms with E-state index in [9.17, 15) is 26.7 Å². The molecule has 9 heteroatoms. The zero-order chi connectivity index (χ0) is 16.3. The molecule has 1 heterocycles. The van der Waals surface area contributed by atoms with E-state index >= 15 is 0 Å². The van der Waals surface area contributed by atoms with Crippen molar-refractivity contribution in [2.75, 3.05) is 6.26 Å². The average Bonchev–Trinajstić information content (AvgIpc) is 2.55. The number of aliphatic hydroxyl groups is 1. The standard InChI is InChI=1S/C13H14F3NO4S/c1-22(19,20)12-9-8(10(14)13(15,16)11(9)18)7(5-17-12)21-6-3-2-4-6/h5-6,10-11,18H,2-4H2,1H3. The summed E-state index contributed by atoms with van der Waals surface area (Å²) >= 11 is 0. The van der Waals surface area contributed by atoms with Crippen molar-refractivity contribution in [3.8, 4) is 5.75 Å². The molecule has 0 radical (unpaired) electrons. The van der Waals surface area contributed by atoms with Crippen LogP contribution in [0, 0.1) is 0 Å². The van der Waals surface area contributed by atoms with E-state index in [1.807, 2.05) is 0 Å². The third-order valence-corrected chi connectivity index (χ3v) is 5.04. The van der Waals surface area contributed by atoms with E-state index in [1.54, 1.807) is 0 Å². The number of sulfone groups is 1. The first-order valence-corrected chi connectivity index (χ1v) is 8.62. The van der Waals surface area contributed by atoms with Crippen LogP contribution in [0.5, 0.6) is 5.75 Å². The van der Waals surface area contributed by atoms with Crippen molar-refractivity contribution in [2.45, 2.75) is 48.6 Å². The third-order valence-electron chi connectivity index (χ3n) is 4.01. The lowest BCUT2D eigenvalue weighted by Gasteiger charge is -2.27. The molecule has 5 nitrogen and oxygen atoms in total. The van der Waals surface area contributed by atoms with Crippen LogP contribution in [-0.2, 0) is 9.84 Å². The van der Waals surface area contributed by atoms with Gasteiger partial charge in [-0.2, -0.15) is 8.78 Å². The quantitative estimate of drug-likeness (QED) is 0.914. The van der Waals surface area contributed by atoms with Gasteiger partial charge in [-0.15, -0.1) is 0 Å². The van der Waals surface area contributed by atoms with Gasteiger partial charge in [0.15, 0.2) is 21.0 Å². The Bertz CT molecular complexity index is 718. The lowest BCUT2D eigenvalue weighted by molar-refractivity contribution is -0.144. The second-order valence-electron chi connectivity index (χ2n) is 5.64. The molecule has 2 aliphatic carbocycles. The van der Waals surface area contributed by atoms with Gasteiger partial charge in [0.25, 0.3) is 0 Å². The van der Waals surface area contributed by atoms with Gasteiger partial charge in [0.05, 0.1) is 12.3 Å². The van der Waals surface area contributed by atoms with Crippen LogP contribution in [-0.4, -0.2) is 36.8 Å². The molecule has 3 rings (SSSR count). The van der Waals surface area contributed by atoms with Gasteiger partial charge < -0.3 is 9.84 Å². The molecular formula is C13H14F3NO4S. The Hall–Kier alpha value is -1.35. The fourth-order valence-electron chi connectivity index (χ4n) is 2.61. The third kappa shape index (κ3) is 2.18. The van der Waals surface area contributed by atoms with E-state index in [-0.39, 0.29) is 11.9 Å². The first-order valence-electron chi connectivity index (χ1n) is 6.73. The highest BCUT2D eigenvalue weighted by Gasteiger charge is 2.59. The highest BCUT2D eigenvalue weighted by atomic mass is 32.2. The van der Waals surface area contributed by atoms with Crippen LogP contribution in [0.4, 0.5) is 13.2 Å². The second-order valence-corrected chi connectivity index (χ2v) is 7.57. The van der Waals surface area contributed by atoms with Gasteiger partial charge in [0.1, 0.15) is 11.9 Å². The maximum atomic E-state index is 14.1. The number of hydrogen-bond acceptors (Lipinski definition) is 5. The van der Waals surface area contributed by atoms with Crippen LogP contribution in [0.1, 0.15) is 42.7 Å². The fraction of sp³-hybridized carbons (Fsp3) is 0.615. The van der Waals surface area contributed by atoms with Crippen LogP contribution < -0.4 is 4.74 Å². The van der Waals surface area contributed by atoms with E-state index in [1.165, 1.54) is 0 Å². The molecule has 0 aromatic carbocycles. The minimum Gasteiger partial charge on any atom is -0.488 e. The number of halogens is 3. The summed E-state index contributed by atoms with van der Waals surface area (Å²) < 4.78 is 70.5. The maximum Gasteiger partial charge on any atom is 0.312 e. The number of pyridine rings is 1. The monoisotopic (exact) mass is 337 g/mol. The van der Waals surface area contributed by atoms with E-state index < -0.39 is 44.2 Å². The largest absolute Gasteiger partial charge is 0.488 e. The lowest BCUT2D eigenvalue weighted by Crippen LogP contribution is -2.26. The average molecular weight is 337 g/mol. The SMILES string of the molecule is CS(=O)(=O)c1ncc(OC2CCC2)c2c1C(O)C(F)(F)C2F. The number of aromatic nitrogens is 1. The fourth-order valence-corrected chi connectivity index (χ4v) is 3.48. The highest BCUT2D eigenvalue weighted by Crippen LogP contribution is 2.56. The maximum absolute atomic E-state index is 14.1. The van der Waals surface area contributed by atoms with E-state index in [2.05, 4.69) is 4.98 Å². The van der Waals surface area contributed by atoms with E-state index in [4.69, 9.17) is 4.74 Å². The summed E-state index contributed by atoms with van der Waals surface area (Å²) in [6.07, 6.45) is -1.60. The molecule has 0 saturated heterocycles. The van der Waals surface area contributed by atoms with Crippen molar-refractivity contribution >= 4 is 9.84 Å². The topological polar surface area (TPSA) is 76.5 Å². The number of nitrogens with zero attached hydrogens (tertiary/aromatic N) is 1. The minimum absolute atomic E-state index is 0.226. The first kappa shape index (κ1) is 15.5. The van der Waals surface area contributed by atoms with Crippen LogP contribution in [0.3, 0.4) is 0 Å². The molecule has 122 valence electrons. The normalized spacial score (nSPS) is 27.3. The molecule has 0 aliphatic heterocycles.